The van der Waals surface area contributed by atoms with E-state index in [4.69, 9.17) is 9.52 Å². The zero-order valence-corrected chi connectivity index (χ0v) is 8.42. The van der Waals surface area contributed by atoms with Gasteiger partial charge in [0.2, 0.25) is 5.89 Å². The van der Waals surface area contributed by atoms with Gasteiger partial charge in [-0.1, -0.05) is 0 Å². The standard InChI is InChI=1S/C9H11NO3S/c11-9(12)3-8-10-7(4-13-8)6-1-2-14-5-6/h4,6H,1-3,5H2,(H,11,12). The molecule has 0 aliphatic carbocycles. The maximum atomic E-state index is 10.4. The van der Waals surface area contributed by atoms with Crippen LogP contribution < -0.4 is 0 Å². The number of nitrogens with zero attached hydrogens (tertiary/aromatic N) is 1. The lowest BCUT2D eigenvalue weighted by Gasteiger charge is -2.00. The fourth-order valence-corrected chi connectivity index (χ4v) is 2.73. The van der Waals surface area contributed by atoms with E-state index >= 15 is 0 Å². The number of carbonyl (C=O) groups is 1. The summed E-state index contributed by atoms with van der Waals surface area (Å²) in [4.78, 5) is 14.6. The fraction of sp³-hybridized carbons (Fsp3) is 0.556. The van der Waals surface area contributed by atoms with Gasteiger partial charge in [0, 0.05) is 11.7 Å². The summed E-state index contributed by atoms with van der Waals surface area (Å²) in [6, 6.07) is 0. The second-order valence-electron chi connectivity index (χ2n) is 3.30. The monoisotopic (exact) mass is 213 g/mol. The third kappa shape index (κ3) is 2.09. The third-order valence-corrected chi connectivity index (χ3v) is 3.38. The Hall–Kier alpha value is -0.970. The molecule has 0 amide bonds. The second-order valence-corrected chi connectivity index (χ2v) is 4.45. The summed E-state index contributed by atoms with van der Waals surface area (Å²) >= 11 is 1.90. The quantitative estimate of drug-likeness (QED) is 0.824. The van der Waals surface area contributed by atoms with Crippen molar-refractivity contribution in [3.8, 4) is 0 Å². The molecule has 1 aromatic rings. The first-order valence-corrected chi connectivity index (χ1v) is 5.65. The van der Waals surface area contributed by atoms with Crippen LogP contribution in [0, 0.1) is 0 Å². The molecule has 2 rings (SSSR count). The van der Waals surface area contributed by atoms with Crippen LogP contribution in [-0.2, 0) is 11.2 Å². The number of carboxylic acids is 1. The molecule has 1 saturated heterocycles. The van der Waals surface area contributed by atoms with Crippen molar-refractivity contribution in [3.63, 3.8) is 0 Å². The van der Waals surface area contributed by atoms with E-state index in [1.807, 2.05) is 11.8 Å². The largest absolute Gasteiger partial charge is 0.481 e. The summed E-state index contributed by atoms with van der Waals surface area (Å²) in [6.07, 6.45) is 2.58. The van der Waals surface area contributed by atoms with Crippen molar-refractivity contribution in [3.05, 3.63) is 17.8 Å². The topological polar surface area (TPSA) is 63.3 Å². The Labute approximate surface area is 85.7 Å². The number of carboxylic acid groups (broad SMARTS) is 1. The second kappa shape index (κ2) is 4.04. The predicted octanol–water partition coefficient (Wildman–Crippen LogP) is 1.52. The highest BCUT2D eigenvalue weighted by Gasteiger charge is 2.21. The van der Waals surface area contributed by atoms with Crippen LogP contribution in [-0.4, -0.2) is 27.6 Å². The molecule has 76 valence electrons. The lowest BCUT2D eigenvalue weighted by atomic mass is 10.1. The molecule has 5 heteroatoms. The molecule has 1 aromatic heterocycles. The Balaban J connectivity index is 2.05. The van der Waals surface area contributed by atoms with Gasteiger partial charge in [0.15, 0.2) is 0 Å². The lowest BCUT2D eigenvalue weighted by Crippen LogP contribution is -2.01. The smallest absolute Gasteiger partial charge is 0.312 e. The molecular weight excluding hydrogens is 202 g/mol. The molecule has 0 saturated carbocycles. The van der Waals surface area contributed by atoms with Crippen LogP contribution >= 0.6 is 11.8 Å². The molecule has 1 fully saturated rings. The predicted molar refractivity (Wildman–Crippen MR) is 52.5 cm³/mol. The van der Waals surface area contributed by atoms with E-state index in [0.717, 1.165) is 23.6 Å². The normalized spacial score (nSPS) is 21.3. The Morgan fingerprint density at radius 2 is 2.64 bits per heavy atom. The highest BCUT2D eigenvalue weighted by atomic mass is 32.2. The van der Waals surface area contributed by atoms with Gasteiger partial charge in [0.25, 0.3) is 0 Å². The molecule has 1 aliphatic heterocycles. The van der Waals surface area contributed by atoms with Gasteiger partial charge < -0.3 is 9.52 Å². The van der Waals surface area contributed by atoms with Crippen LogP contribution in [0.3, 0.4) is 0 Å². The summed E-state index contributed by atoms with van der Waals surface area (Å²) in [5.74, 6) is 2.08. The number of hydrogen-bond donors (Lipinski definition) is 1. The van der Waals surface area contributed by atoms with Gasteiger partial charge in [-0.3, -0.25) is 4.79 Å². The Kier molecular flexibility index (Phi) is 2.77. The fourth-order valence-electron chi connectivity index (χ4n) is 1.49. The van der Waals surface area contributed by atoms with E-state index in [0.29, 0.717) is 11.8 Å². The highest BCUT2D eigenvalue weighted by molar-refractivity contribution is 7.99. The van der Waals surface area contributed by atoms with Crippen molar-refractivity contribution in [2.45, 2.75) is 18.8 Å². The molecule has 0 radical (unpaired) electrons. The molecule has 4 nitrogen and oxygen atoms in total. The first kappa shape index (κ1) is 9.58. The van der Waals surface area contributed by atoms with Crippen molar-refractivity contribution in [1.82, 2.24) is 4.98 Å². The molecule has 0 aromatic carbocycles. The molecular formula is C9H11NO3S. The SMILES string of the molecule is O=C(O)Cc1nc(C2CCSC2)co1. The molecule has 0 spiro atoms. The minimum Gasteiger partial charge on any atom is -0.481 e. The van der Waals surface area contributed by atoms with Gasteiger partial charge >= 0.3 is 5.97 Å². The van der Waals surface area contributed by atoms with Gasteiger partial charge in [-0.2, -0.15) is 11.8 Å². The van der Waals surface area contributed by atoms with Gasteiger partial charge in [-0.25, -0.2) is 4.98 Å². The summed E-state index contributed by atoms with van der Waals surface area (Å²) < 4.78 is 5.09. The average Bonchev–Trinajstić information content (AvgIpc) is 2.69. The van der Waals surface area contributed by atoms with Crippen molar-refractivity contribution in [2.75, 3.05) is 11.5 Å². The highest BCUT2D eigenvalue weighted by Crippen LogP contribution is 2.31. The van der Waals surface area contributed by atoms with Crippen molar-refractivity contribution in [1.29, 1.82) is 0 Å². The van der Waals surface area contributed by atoms with E-state index in [2.05, 4.69) is 4.98 Å². The molecule has 1 atom stereocenters. The molecule has 0 bridgehead atoms. The molecule has 1 N–H and O–H groups in total. The van der Waals surface area contributed by atoms with Crippen LogP contribution in [0.2, 0.25) is 0 Å². The van der Waals surface area contributed by atoms with Crippen molar-refractivity contribution >= 4 is 17.7 Å². The maximum absolute atomic E-state index is 10.4. The molecule has 14 heavy (non-hydrogen) atoms. The van der Waals surface area contributed by atoms with E-state index in [1.54, 1.807) is 6.26 Å². The maximum Gasteiger partial charge on any atom is 0.312 e. The molecule has 2 heterocycles. The number of hydrogen-bond acceptors (Lipinski definition) is 4. The zero-order chi connectivity index (χ0) is 9.97. The van der Waals surface area contributed by atoms with Crippen LogP contribution in [0.1, 0.15) is 23.9 Å². The third-order valence-electron chi connectivity index (χ3n) is 2.22. The van der Waals surface area contributed by atoms with Crippen LogP contribution in [0.5, 0.6) is 0 Å². The van der Waals surface area contributed by atoms with Gasteiger partial charge in [-0.15, -0.1) is 0 Å². The number of oxazole rings is 1. The van der Waals surface area contributed by atoms with Gasteiger partial charge in [-0.05, 0) is 12.2 Å². The number of rotatable bonds is 3. The van der Waals surface area contributed by atoms with E-state index in [1.165, 1.54) is 0 Å². The zero-order valence-electron chi connectivity index (χ0n) is 7.60. The number of thioether (sulfide) groups is 1. The van der Waals surface area contributed by atoms with E-state index < -0.39 is 5.97 Å². The Morgan fingerprint density at radius 3 is 3.29 bits per heavy atom. The lowest BCUT2D eigenvalue weighted by molar-refractivity contribution is -0.136. The van der Waals surface area contributed by atoms with Crippen LogP contribution in [0.4, 0.5) is 0 Å². The first-order valence-electron chi connectivity index (χ1n) is 4.49. The minimum atomic E-state index is -0.904. The van der Waals surface area contributed by atoms with Crippen molar-refractivity contribution in [2.24, 2.45) is 0 Å². The number of aliphatic carboxylic acids is 1. The first-order chi connectivity index (χ1) is 6.75. The van der Waals surface area contributed by atoms with Crippen LogP contribution in [0.15, 0.2) is 10.7 Å². The summed E-state index contributed by atoms with van der Waals surface area (Å²) in [5, 5.41) is 8.54. The summed E-state index contributed by atoms with van der Waals surface area (Å²) in [7, 11) is 0. The minimum absolute atomic E-state index is 0.125. The van der Waals surface area contributed by atoms with Gasteiger partial charge in [0.1, 0.15) is 12.7 Å². The summed E-state index contributed by atoms with van der Waals surface area (Å²) in [5.41, 5.74) is 0.909. The Morgan fingerprint density at radius 1 is 1.79 bits per heavy atom. The molecule has 1 unspecified atom stereocenters. The number of aromatic nitrogens is 1. The Bertz CT molecular complexity index is 331. The summed E-state index contributed by atoms with van der Waals surface area (Å²) in [6.45, 7) is 0. The average molecular weight is 213 g/mol. The van der Waals surface area contributed by atoms with Crippen LogP contribution in [0.25, 0.3) is 0 Å². The van der Waals surface area contributed by atoms with Crippen molar-refractivity contribution < 1.29 is 14.3 Å². The van der Waals surface area contributed by atoms with Gasteiger partial charge in [0.05, 0.1) is 5.69 Å². The molecule has 1 aliphatic rings. The van der Waals surface area contributed by atoms with E-state index in [-0.39, 0.29) is 6.42 Å². The van der Waals surface area contributed by atoms with E-state index in [9.17, 15) is 4.79 Å².